The number of carbonyl (C=O) groups excluding carboxylic acids is 1. The van der Waals surface area contributed by atoms with Crippen LogP contribution in [-0.4, -0.2) is 60.8 Å². The fourth-order valence-electron chi connectivity index (χ4n) is 3.65. The molecule has 0 spiro atoms. The van der Waals surface area contributed by atoms with Crippen LogP contribution in [0.4, 0.5) is 0 Å². The molecule has 1 N–H and O–H groups in total. The quantitative estimate of drug-likeness (QED) is 0.859. The highest BCUT2D eigenvalue weighted by molar-refractivity contribution is 7.89. The van der Waals surface area contributed by atoms with E-state index in [1.807, 2.05) is 0 Å². The van der Waals surface area contributed by atoms with E-state index in [1.165, 1.54) is 21.3 Å². The summed E-state index contributed by atoms with van der Waals surface area (Å²) >= 11 is 0. The molecule has 0 unspecified atom stereocenters. The van der Waals surface area contributed by atoms with Gasteiger partial charge in [-0.2, -0.15) is 4.31 Å². The second kappa shape index (κ2) is 7.75. The molecule has 142 valence electrons. The summed E-state index contributed by atoms with van der Waals surface area (Å²) in [6.45, 7) is 1.50. The monoisotopic (exact) mass is 380 g/mol. The summed E-state index contributed by atoms with van der Waals surface area (Å²) in [5, 5.41) is 9.22. The van der Waals surface area contributed by atoms with Gasteiger partial charge < -0.3 is 10.0 Å². The maximum absolute atomic E-state index is 13.0. The van der Waals surface area contributed by atoms with Crippen LogP contribution < -0.4 is 0 Å². The van der Waals surface area contributed by atoms with Crippen LogP contribution >= 0.6 is 0 Å². The first-order valence-corrected chi connectivity index (χ1v) is 10.5. The van der Waals surface area contributed by atoms with Gasteiger partial charge in [-0.3, -0.25) is 9.59 Å². The fourth-order valence-corrected chi connectivity index (χ4v) is 5.35. The van der Waals surface area contributed by atoms with Crippen molar-refractivity contribution in [1.82, 2.24) is 9.21 Å². The summed E-state index contributed by atoms with van der Waals surface area (Å²) in [6, 6.07) is 6.24. The summed E-state index contributed by atoms with van der Waals surface area (Å²) < 4.78 is 27.5. The third-order valence-corrected chi connectivity index (χ3v) is 7.06. The van der Waals surface area contributed by atoms with Crippen LogP contribution in [0.25, 0.3) is 0 Å². The van der Waals surface area contributed by atoms with Crippen molar-refractivity contribution in [3.63, 3.8) is 0 Å². The molecule has 0 saturated carbocycles. The number of aliphatic carboxylic acids is 1. The molecule has 2 fully saturated rings. The van der Waals surface area contributed by atoms with Gasteiger partial charge in [0.05, 0.1) is 16.4 Å². The number of benzene rings is 1. The van der Waals surface area contributed by atoms with Crippen molar-refractivity contribution in [2.75, 3.05) is 26.2 Å². The average Bonchev–Trinajstić information content (AvgIpc) is 2.68. The lowest BCUT2D eigenvalue weighted by Gasteiger charge is -2.32. The first-order valence-electron chi connectivity index (χ1n) is 9.02. The van der Waals surface area contributed by atoms with Crippen LogP contribution in [0.1, 0.15) is 42.5 Å². The Kier molecular flexibility index (Phi) is 5.62. The molecule has 1 aromatic rings. The number of carboxylic acid groups (broad SMARTS) is 1. The molecule has 0 aliphatic carbocycles. The van der Waals surface area contributed by atoms with Crippen molar-refractivity contribution in [3.8, 4) is 0 Å². The van der Waals surface area contributed by atoms with E-state index in [4.69, 9.17) is 0 Å². The van der Waals surface area contributed by atoms with Gasteiger partial charge in [-0.15, -0.1) is 0 Å². The molecule has 1 aromatic carbocycles. The van der Waals surface area contributed by atoms with Crippen molar-refractivity contribution in [2.45, 2.75) is 37.0 Å². The lowest BCUT2D eigenvalue weighted by Crippen LogP contribution is -2.43. The third-order valence-electron chi connectivity index (χ3n) is 5.11. The smallest absolute Gasteiger partial charge is 0.308 e. The van der Waals surface area contributed by atoms with E-state index in [0.717, 1.165) is 19.3 Å². The highest BCUT2D eigenvalue weighted by atomic mass is 32.2. The molecular formula is C18H24N2O5S. The SMILES string of the molecule is O=C(O)[C@H]1CCCN(C(=O)c2ccccc2S(=O)(=O)N2CCCCC2)C1. The molecular weight excluding hydrogens is 356 g/mol. The number of carboxylic acids is 1. The Morgan fingerprint density at radius 2 is 1.69 bits per heavy atom. The summed E-state index contributed by atoms with van der Waals surface area (Å²) in [6.07, 6.45) is 3.79. The van der Waals surface area contributed by atoms with Gasteiger partial charge in [-0.05, 0) is 37.8 Å². The van der Waals surface area contributed by atoms with Gasteiger partial charge in [0.1, 0.15) is 0 Å². The van der Waals surface area contributed by atoms with Crippen molar-refractivity contribution >= 4 is 21.9 Å². The summed E-state index contributed by atoms with van der Waals surface area (Å²) in [7, 11) is -3.74. The molecule has 2 aliphatic rings. The van der Waals surface area contributed by atoms with Gasteiger partial charge in [-0.25, -0.2) is 8.42 Å². The van der Waals surface area contributed by atoms with E-state index in [2.05, 4.69) is 0 Å². The molecule has 8 heteroatoms. The Bertz CT molecular complexity index is 787. The highest BCUT2D eigenvalue weighted by Gasteiger charge is 2.33. The van der Waals surface area contributed by atoms with E-state index in [9.17, 15) is 23.1 Å². The molecule has 0 aromatic heterocycles. The molecule has 1 atom stereocenters. The molecule has 1 amide bonds. The van der Waals surface area contributed by atoms with Crippen molar-refractivity contribution in [2.24, 2.45) is 5.92 Å². The number of nitrogens with zero attached hydrogens (tertiary/aromatic N) is 2. The number of amides is 1. The van der Waals surface area contributed by atoms with Crippen LogP contribution in [0.2, 0.25) is 0 Å². The van der Waals surface area contributed by atoms with E-state index in [1.54, 1.807) is 12.1 Å². The summed E-state index contributed by atoms with van der Waals surface area (Å²) in [5.74, 6) is -1.93. The second-order valence-electron chi connectivity index (χ2n) is 6.89. The van der Waals surface area contributed by atoms with Gasteiger partial charge >= 0.3 is 5.97 Å². The largest absolute Gasteiger partial charge is 0.481 e. The molecule has 2 heterocycles. The van der Waals surface area contributed by atoms with Crippen LogP contribution in [0.5, 0.6) is 0 Å². The van der Waals surface area contributed by atoms with Crippen molar-refractivity contribution < 1.29 is 23.1 Å². The number of hydrogen-bond donors (Lipinski definition) is 1. The Hall–Kier alpha value is -1.93. The predicted octanol–water partition coefficient (Wildman–Crippen LogP) is 1.80. The van der Waals surface area contributed by atoms with Crippen LogP contribution in [0.15, 0.2) is 29.2 Å². The number of rotatable bonds is 4. The zero-order valence-electron chi connectivity index (χ0n) is 14.6. The molecule has 0 radical (unpaired) electrons. The molecule has 7 nitrogen and oxygen atoms in total. The molecule has 2 saturated heterocycles. The second-order valence-corrected chi connectivity index (χ2v) is 8.80. The zero-order valence-corrected chi connectivity index (χ0v) is 15.5. The normalized spacial score (nSPS) is 22.2. The number of piperidine rings is 2. The van der Waals surface area contributed by atoms with Crippen molar-refractivity contribution in [3.05, 3.63) is 29.8 Å². The third kappa shape index (κ3) is 3.76. The van der Waals surface area contributed by atoms with Crippen LogP contribution in [-0.2, 0) is 14.8 Å². The van der Waals surface area contributed by atoms with E-state index >= 15 is 0 Å². The van der Waals surface area contributed by atoms with Crippen LogP contribution in [0.3, 0.4) is 0 Å². The van der Waals surface area contributed by atoms with E-state index in [-0.39, 0.29) is 17.0 Å². The number of carbonyl (C=O) groups is 2. The minimum absolute atomic E-state index is 0.0179. The first kappa shape index (κ1) is 18.8. The lowest BCUT2D eigenvalue weighted by molar-refractivity contribution is -0.143. The van der Waals surface area contributed by atoms with Gasteiger partial charge in [0, 0.05) is 26.2 Å². The Labute approximate surface area is 153 Å². The average molecular weight is 380 g/mol. The molecule has 0 bridgehead atoms. The Balaban J connectivity index is 1.89. The summed E-state index contributed by atoms with van der Waals surface area (Å²) in [5.41, 5.74) is 0.129. The van der Waals surface area contributed by atoms with Gasteiger partial charge in [-0.1, -0.05) is 18.6 Å². The number of sulfonamides is 1. The van der Waals surface area contributed by atoms with E-state index in [0.29, 0.717) is 32.5 Å². The molecule has 3 rings (SSSR count). The van der Waals surface area contributed by atoms with Gasteiger partial charge in [0.15, 0.2) is 0 Å². The number of likely N-dealkylation sites (tertiary alicyclic amines) is 1. The predicted molar refractivity (Wildman–Crippen MR) is 95.3 cm³/mol. The van der Waals surface area contributed by atoms with Gasteiger partial charge in [0.2, 0.25) is 10.0 Å². The zero-order chi connectivity index (χ0) is 18.7. The Morgan fingerprint density at radius 1 is 1.00 bits per heavy atom. The molecule has 26 heavy (non-hydrogen) atoms. The van der Waals surface area contributed by atoms with Crippen molar-refractivity contribution in [1.29, 1.82) is 0 Å². The maximum atomic E-state index is 13.0. The maximum Gasteiger partial charge on any atom is 0.308 e. The van der Waals surface area contributed by atoms with Gasteiger partial charge in [0.25, 0.3) is 5.91 Å². The topological polar surface area (TPSA) is 95.0 Å². The van der Waals surface area contributed by atoms with Crippen LogP contribution in [0, 0.1) is 5.92 Å². The standard InChI is InChI=1S/C18H24N2O5S/c21-17(19-10-6-7-14(13-19)18(22)23)15-8-2-3-9-16(15)26(24,25)20-11-4-1-5-12-20/h2-3,8-9,14H,1,4-7,10-13H2,(H,22,23)/t14-/m0/s1. The minimum atomic E-state index is -3.74. The highest BCUT2D eigenvalue weighted by Crippen LogP contribution is 2.26. The first-order chi connectivity index (χ1) is 12.4. The fraction of sp³-hybridized carbons (Fsp3) is 0.556. The lowest BCUT2D eigenvalue weighted by atomic mass is 9.97. The number of hydrogen-bond acceptors (Lipinski definition) is 4. The Morgan fingerprint density at radius 3 is 2.38 bits per heavy atom. The van der Waals surface area contributed by atoms with E-state index < -0.39 is 27.8 Å². The summed E-state index contributed by atoms with van der Waals surface area (Å²) in [4.78, 5) is 25.7. The minimum Gasteiger partial charge on any atom is -0.481 e. The molecule has 2 aliphatic heterocycles.